The molecule has 3 nitrogen and oxygen atoms in total. The summed E-state index contributed by atoms with van der Waals surface area (Å²) in [4.78, 5) is 13.5. The summed E-state index contributed by atoms with van der Waals surface area (Å²) >= 11 is 0. The second-order valence-electron chi connectivity index (χ2n) is 4.73. The summed E-state index contributed by atoms with van der Waals surface area (Å²) in [6, 6.07) is 0. The van der Waals surface area contributed by atoms with Gasteiger partial charge in [0.2, 0.25) is 5.91 Å². The van der Waals surface area contributed by atoms with Gasteiger partial charge in [-0.25, -0.2) is 0 Å². The number of hydrogen-bond donors (Lipinski definition) is 1. The second kappa shape index (κ2) is 5.35. The molecule has 0 spiro atoms. The summed E-state index contributed by atoms with van der Waals surface area (Å²) in [6.45, 7) is 7.26. The van der Waals surface area contributed by atoms with E-state index >= 15 is 0 Å². The highest BCUT2D eigenvalue weighted by atomic mass is 16.2. The van der Waals surface area contributed by atoms with E-state index in [1.807, 2.05) is 11.9 Å². The quantitative estimate of drug-likeness (QED) is 0.733. The summed E-state index contributed by atoms with van der Waals surface area (Å²) < 4.78 is 0. The number of amides is 1. The van der Waals surface area contributed by atoms with Gasteiger partial charge in [0.25, 0.3) is 0 Å². The van der Waals surface area contributed by atoms with Gasteiger partial charge in [0.05, 0.1) is 0 Å². The van der Waals surface area contributed by atoms with Crippen molar-refractivity contribution in [1.29, 1.82) is 0 Å². The van der Waals surface area contributed by atoms with Crippen molar-refractivity contribution in [1.82, 2.24) is 10.2 Å². The van der Waals surface area contributed by atoms with Gasteiger partial charge in [-0.15, -0.1) is 0 Å². The minimum atomic E-state index is 0.284. The van der Waals surface area contributed by atoms with E-state index in [4.69, 9.17) is 0 Å². The molecule has 3 heteroatoms. The zero-order valence-electron chi connectivity index (χ0n) is 9.55. The normalized spacial score (nSPS) is 21.6. The molecule has 1 aliphatic heterocycles. The predicted molar refractivity (Wildman–Crippen MR) is 58.1 cm³/mol. The van der Waals surface area contributed by atoms with Gasteiger partial charge in [-0.3, -0.25) is 4.79 Å². The minimum absolute atomic E-state index is 0.284. The molecule has 1 rings (SSSR count). The third kappa shape index (κ3) is 3.66. The van der Waals surface area contributed by atoms with E-state index in [-0.39, 0.29) is 5.91 Å². The van der Waals surface area contributed by atoms with Crippen LogP contribution >= 0.6 is 0 Å². The Balaban J connectivity index is 2.25. The summed E-state index contributed by atoms with van der Waals surface area (Å²) in [5.74, 6) is 1.41. The molecule has 0 aromatic heterocycles. The van der Waals surface area contributed by atoms with Crippen LogP contribution in [0.1, 0.15) is 26.7 Å². The summed E-state index contributed by atoms with van der Waals surface area (Å²) in [6.07, 6.45) is 1.88. The molecule has 0 aromatic carbocycles. The van der Waals surface area contributed by atoms with Crippen molar-refractivity contribution in [2.24, 2.45) is 11.8 Å². The molecule has 0 radical (unpaired) electrons. The van der Waals surface area contributed by atoms with Crippen LogP contribution in [0.5, 0.6) is 0 Å². The predicted octanol–water partition coefficient (Wildman–Crippen LogP) is 1.10. The van der Waals surface area contributed by atoms with Crippen LogP contribution < -0.4 is 5.32 Å². The fourth-order valence-corrected chi connectivity index (χ4v) is 1.86. The molecule has 0 aliphatic carbocycles. The van der Waals surface area contributed by atoms with E-state index in [1.165, 1.54) is 6.42 Å². The van der Waals surface area contributed by atoms with Gasteiger partial charge in [-0.05, 0) is 31.3 Å². The van der Waals surface area contributed by atoms with Crippen molar-refractivity contribution in [3.63, 3.8) is 0 Å². The monoisotopic (exact) mass is 198 g/mol. The Bertz CT molecular complexity index is 186. The van der Waals surface area contributed by atoms with Crippen LogP contribution in [0.4, 0.5) is 0 Å². The molecule has 0 aromatic rings. The van der Waals surface area contributed by atoms with E-state index in [1.54, 1.807) is 0 Å². The third-order valence-electron chi connectivity index (χ3n) is 2.70. The second-order valence-corrected chi connectivity index (χ2v) is 4.73. The van der Waals surface area contributed by atoms with Gasteiger partial charge < -0.3 is 10.2 Å². The maximum atomic E-state index is 11.6. The highest BCUT2D eigenvalue weighted by Gasteiger charge is 2.19. The number of hydrogen-bond acceptors (Lipinski definition) is 2. The van der Waals surface area contributed by atoms with Crippen LogP contribution in [-0.2, 0) is 4.79 Å². The van der Waals surface area contributed by atoms with Crippen molar-refractivity contribution in [2.45, 2.75) is 26.7 Å². The van der Waals surface area contributed by atoms with Gasteiger partial charge in [0, 0.05) is 20.0 Å². The lowest BCUT2D eigenvalue weighted by atomic mass is 10.1. The van der Waals surface area contributed by atoms with Crippen molar-refractivity contribution < 1.29 is 4.79 Å². The highest BCUT2D eigenvalue weighted by Crippen LogP contribution is 2.10. The number of carbonyl (C=O) groups is 1. The Kier molecular flexibility index (Phi) is 4.39. The molecule has 1 fully saturated rings. The first-order valence-corrected chi connectivity index (χ1v) is 5.54. The smallest absolute Gasteiger partial charge is 0.222 e. The Morgan fingerprint density at radius 3 is 2.79 bits per heavy atom. The molecule has 1 saturated heterocycles. The van der Waals surface area contributed by atoms with Crippen LogP contribution in [0, 0.1) is 11.8 Å². The average Bonchev–Trinajstić information content (AvgIpc) is 2.55. The molecule has 82 valence electrons. The Labute approximate surface area is 86.9 Å². The molecule has 1 unspecified atom stereocenters. The average molecular weight is 198 g/mol. The van der Waals surface area contributed by atoms with Crippen LogP contribution in [-0.4, -0.2) is 37.5 Å². The first-order valence-electron chi connectivity index (χ1n) is 5.54. The summed E-state index contributed by atoms with van der Waals surface area (Å²) in [7, 11) is 1.92. The molecule has 1 amide bonds. The molecule has 1 N–H and O–H groups in total. The van der Waals surface area contributed by atoms with E-state index in [9.17, 15) is 4.79 Å². The topological polar surface area (TPSA) is 32.3 Å². The molecule has 1 atom stereocenters. The lowest BCUT2D eigenvalue weighted by Gasteiger charge is -2.21. The Morgan fingerprint density at radius 1 is 1.57 bits per heavy atom. The zero-order valence-corrected chi connectivity index (χ0v) is 9.55. The summed E-state index contributed by atoms with van der Waals surface area (Å²) in [5, 5.41) is 3.32. The Morgan fingerprint density at radius 2 is 2.29 bits per heavy atom. The van der Waals surface area contributed by atoms with E-state index < -0.39 is 0 Å². The number of rotatable bonds is 4. The maximum Gasteiger partial charge on any atom is 0.222 e. The van der Waals surface area contributed by atoms with Gasteiger partial charge in [0.1, 0.15) is 0 Å². The number of nitrogens with one attached hydrogen (secondary N) is 1. The van der Waals surface area contributed by atoms with E-state index in [2.05, 4.69) is 19.2 Å². The number of carbonyl (C=O) groups excluding carboxylic acids is 1. The highest BCUT2D eigenvalue weighted by molar-refractivity contribution is 5.76. The van der Waals surface area contributed by atoms with Crippen LogP contribution in [0.2, 0.25) is 0 Å². The van der Waals surface area contributed by atoms with Crippen LogP contribution in [0.3, 0.4) is 0 Å². The first kappa shape index (κ1) is 11.5. The largest absolute Gasteiger partial charge is 0.345 e. The van der Waals surface area contributed by atoms with Crippen LogP contribution in [0.15, 0.2) is 0 Å². The molecular weight excluding hydrogens is 176 g/mol. The molecule has 0 bridgehead atoms. The maximum absolute atomic E-state index is 11.6. The third-order valence-corrected chi connectivity index (χ3v) is 2.70. The summed E-state index contributed by atoms with van der Waals surface area (Å²) in [5.41, 5.74) is 0. The van der Waals surface area contributed by atoms with Crippen molar-refractivity contribution in [2.75, 3.05) is 26.7 Å². The standard InChI is InChI=1S/C11H22N2O/c1-9(2)6-11(14)13(3)8-10-4-5-12-7-10/h9-10,12H,4-8H2,1-3H3. The van der Waals surface area contributed by atoms with Crippen molar-refractivity contribution in [3.8, 4) is 0 Å². The molecule has 1 aliphatic rings. The van der Waals surface area contributed by atoms with Gasteiger partial charge in [-0.2, -0.15) is 0 Å². The van der Waals surface area contributed by atoms with E-state index in [0.29, 0.717) is 18.3 Å². The van der Waals surface area contributed by atoms with Crippen molar-refractivity contribution in [3.05, 3.63) is 0 Å². The lowest BCUT2D eigenvalue weighted by molar-refractivity contribution is -0.131. The fraction of sp³-hybridized carbons (Fsp3) is 0.909. The van der Waals surface area contributed by atoms with E-state index in [0.717, 1.165) is 19.6 Å². The molecule has 1 heterocycles. The molecule has 0 saturated carbocycles. The molecular formula is C11H22N2O. The van der Waals surface area contributed by atoms with Crippen LogP contribution in [0.25, 0.3) is 0 Å². The SMILES string of the molecule is CC(C)CC(=O)N(C)CC1CCNC1. The number of nitrogens with zero attached hydrogens (tertiary/aromatic N) is 1. The van der Waals surface area contributed by atoms with Crippen molar-refractivity contribution >= 4 is 5.91 Å². The molecule has 14 heavy (non-hydrogen) atoms. The van der Waals surface area contributed by atoms with Gasteiger partial charge in [0.15, 0.2) is 0 Å². The Hall–Kier alpha value is -0.570. The lowest BCUT2D eigenvalue weighted by Crippen LogP contribution is -2.33. The fourth-order valence-electron chi connectivity index (χ4n) is 1.86. The minimum Gasteiger partial charge on any atom is -0.345 e. The van der Waals surface area contributed by atoms with Gasteiger partial charge in [-0.1, -0.05) is 13.8 Å². The zero-order chi connectivity index (χ0) is 10.6. The first-order chi connectivity index (χ1) is 6.59. The van der Waals surface area contributed by atoms with Gasteiger partial charge >= 0.3 is 0 Å².